The van der Waals surface area contributed by atoms with E-state index in [0.717, 1.165) is 38.5 Å². The zero-order valence-electron chi connectivity index (χ0n) is 44.8. The van der Waals surface area contributed by atoms with Gasteiger partial charge in [-0.1, -0.05) is 208 Å². The van der Waals surface area contributed by atoms with Crippen LogP contribution in [-0.4, -0.2) is 140 Å². The van der Waals surface area contributed by atoms with Crippen LogP contribution in [0.4, 0.5) is 0 Å². The van der Waals surface area contributed by atoms with Gasteiger partial charge in [-0.2, -0.15) is 0 Å². The van der Waals surface area contributed by atoms with Gasteiger partial charge in [0, 0.05) is 6.42 Å². The molecule has 14 heteroatoms. The Hall–Kier alpha value is -2.83. The number of hydrogen-bond donors (Lipinski definition) is 9. The van der Waals surface area contributed by atoms with Gasteiger partial charge in [-0.05, 0) is 57.8 Å². The van der Waals surface area contributed by atoms with Crippen LogP contribution in [0.2, 0.25) is 0 Å². The van der Waals surface area contributed by atoms with E-state index in [4.69, 9.17) is 18.9 Å². The van der Waals surface area contributed by atoms with Gasteiger partial charge in [0.05, 0.1) is 32.0 Å². The largest absolute Gasteiger partial charge is 0.394 e. The third kappa shape index (κ3) is 30.5. The standard InChI is InChI=1S/C59H101NO13/c1-3-5-7-9-11-13-15-17-19-20-21-22-23-24-25-26-27-29-30-32-34-36-38-40-42-48(63)47(60-51(64)43-41-39-37-35-33-31-28-18-16-14-12-10-8-6-4-2)46-70-58-56(69)54(67)57(50(45-62)72-58)73-59-55(68)53(66)52(65)49(44-61)71-59/h6,8,12,14,18,28,32-35,39-42,47-50,52-59,61-63,65-69H,3-5,7,9-11,13,15-17,19-27,29-31,36-38,43-46H2,1-2H3,(H,60,64)/b8-6-,14-12-,28-18-,34-32+,35-33-,41-39-,42-40+. The van der Waals surface area contributed by atoms with Crippen LogP contribution in [0, 0.1) is 0 Å². The summed E-state index contributed by atoms with van der Waals surface area (Å²) in [5.74, 6) is -0.378. The molecule has 0 saturated carbocycles. The molecule has 9 N–H and O–H groups in total. The Morgan fingerprint density at radius 3 is 1.48 bits per heavy atom. The molecule has 0 radical (unpaired) electrons. The number of allylic oxidation sites excluding steroid dienone is 12. The fourth-order valence-electron chi connectivity index (χ4n) is 8.79. The van der Waals surface area contributed by atoms with E-state index < -0.39 is 86.8 Å². The maximum atomic E-state index is 13.1. The van der Waals surface area contributed by atoms with E-state index in [1.807, 2.05) is 18.2 Å². The van der Waals surface area contributed by atoms with Crippen molar-refractivity contribution in [1.82, 2.24) is 5.32 Å². The fourth-order valence-corrected chi connectivity index (χ4v) is 8.79. The van der Waals surface area contributed by atoms with E-state index in [1.54, 1.807) is 12.2 Å². The van der Waals surface area contributed by atoms with Crippen molar-refractivity contribution >= 4 is 5.91 Å². The number of rotatable bonds is 43. The van der Waals surface area contributed by atoms with E-state index in [-0.39, 0.29) is 18.9 Å². The third-order valence-electron chi connectivity index (χ3n) is 13.3. The summed E-state index contributed by atoms with van der Waals surface area (Å²) >= 11 is 0. The van der Waals surface area contributed by atoms with Crippen molar-refractivity contribution < 1.29 is 64.6 Å². The monoisotopic (exact) mass is 1030 g/mol. The summed E-state index contributed by atoms with van der Waals surface area (Å²) in [6.45, 7) is 2.59. The second-order valence-electron chi connectivity index (χ2n) is 19.7. The molecular formula is C59H101NO13. The Kier molecular flexibility index (Phi) is 40.2. The topological polar surface area (TPSA) is 228 Å². The number of ether oxygens (including phenoxy) is 4. The minimum absolute atomic E-state index is 0.0373. The smallest absolute Gasteiger partial charge is 0.224 e. The summed E-state index contributed by atoms with van der Waals surface area (Å²) in [7, 11) is 0. The van der Waals surface area contributed by atoms with E-state index in [1.165, 1.54) is 116 Å². The van der Waals surface area contributed by atoms with Gasteiger partial charge < -0.3 is 65.1 Å². The molecule has 0 spiro atoms. The number of nitrogens with one attached hydrogen (secondary N) is 1. The first-order chi connectivity index (χ1) is 35.6. The third-order valence-corrected chi connectivity index (χ3v) is 13.3. The molecule has 2 aliphatic heterocycles. The van der Waals surface area contributed by atoms with Gasteiger partial charge in [-0.3, -0.25) is 4.79 Å². The lowest BCUT2D eigenvalue weighted by molar-refractivity contribution is -0.359. The van der Waals surface area contributed by atoms with Crippen LogP contribution in [0.1, 0.15) is 187 Å². The Labute approximate surface area is 440 Å². The molecule has 2 heterocycles. The van der Waals surface area contributed by atoms with E-state index >= 15 is 0 Å². The molecule has 0 aliphatic carbocycles. The summed E-state index contributed by atoms with van der Waals surface area (Å²) in [6.07, 6.45) is 42.4. The Morgan fingerprint density at radius 1 is 0.507 bits per heavy atom. The average Bonchev–Trinajstić information content (AvgIpc) is 3.39. The second kappa shape index (κ2) is 44.3. The number of carbonyl (C=O) groups is 1. The predicted octanol–water partition coefficient (Wildman–Crippen LogP) is 8.94. The SMILES string of the molecule is CC/C=C\C/C=C\C/C=C\C/C=C\C/C=C\CC(=O)NC(COC1OC(CO)C(OC2OC(CO)C(O)C(O)C2O)C(O)C1O)C(O)/C=C/CC/C=C/CCCCCCCCCCCCCCCCCCCC. The first-order valence-electron chi connectivity index (χ1n) is 28.3. The second-order valence-corrected chi connectivity index (χ2v) is 19.7. The average molecular weight is 1030 g/mol. The number of aliphatic hydroxyl groups excluding tert-OH is 8. The first kappa shape index (κ1) is 66.3. The highest BCUT2D eigenvalue weighted by Crippen LogP contribution is 2.30. The van der Waals surface area contributed by atoms with Gasteiger partial charge in [-0.15, -0.1) is 0 Å². The van der Waals surface area contributed by atoms with Crippen molar-refractivity contribution in [2.45, 2.75) is 261 Å². The summed E-state index contributed by atoms with van der Waals surface area (Å²) in [5.41, 5.74) is 0. The van der Waals surface area contributed by atoms with Gasteiger partial charge in [0.25, 0.3) is 0 Å². The maximum absolute atomic E-state index is 13.1. The Morgan fingerprint density at radius 2 is 0.959 bits per heavy atom. The number of aliphatic hydroxyl groups is 8. The quantitative estimate of drug-likeness (QED) is 0.0206. The molecule has 2 aliphatic rings. The van der Waals surface area contributed by atoms with Crippen LogP contribution in [0.15, 0.2) is 85.1 Å². The molecule has 0 aromatic heterocycles. The van der Waals surface area contributed by atoms with Gasteiger partial charge in [0.2, 0.25) is 5.91 Å². The van der Waals surface area contributed by atoms with Crippen molar-refractivity contribution in [1.29, 1.82) is 0 Å². The molecule has 420 valence electrons. The van der Waals surface area contributed by atoms with Crippen molar-refractivity contribution in [2.24, 2.45) is 0 Å². The summed E-state index contributed by atoms with van der Waals surface area (Å²) in [6, 6.07) is -0.991. The van der Waals surface area contributed by atoms with Crippen LogP contribution in [0.3, 0.4) is 0 Å². The Balaban J connectivity index is 1.83. The van der Waals surface area contributed by atoms with Crippen LogP contribution in [0.5, 0.6) is 0 Å². The molecule has 2 fully saturated rings. The predicted molar refractivity (Wildman–Crippen MR) is 290 cm³/mol. The van der Waals surface area contributed by atoms with Crippen molar-refractivity contribution in [2.75, 3.05) is 19.8 Å². The lowest BCUT2D eigenvalue weighted by Crippen LogP contribution is -2.65. The van der Waals surface area contributed by atoms with Crippen molar-refractivity contribution in [3.05, 3.63) is 85.1 Å². The van der Waals surface area contributed by atoms with Crippen molar-refractivity contribution in [3.8, 4) is 0 Å². The number of unbranched alkanes of at least 4 members (excludes halogenated alkanes) is 19. The molecular weight excluding hydrogens is 931 g/mol. The fraction of sp³-hybridized carbons (Fsp3) is 0.746. The summed E-state index contributed by atoms with van der Waals surface area (Å²) in [4.78, 5) is 13.1. The molecule has 14 nitrogen and oxygen atoms in total. The minimum atomic E-state index is -1.80. The zero-order valence-corrected chi connectivity index (χ0v) is 44.8. The zero-order chi connectivity index (χ0) is 53.2. The van der Waals surface area contributed by atoms with Crippen LogP contribution >= 0.6 is 0 Å². The van der Waals surface area contributed by atoms with Gasteiger partial charge in [0.15, 0.2) is 12.6 Å². The Bertz CT molecular complexity index is 1550. The molecule has 2 rings (SSSR count). The number of amides is 1. The van der Waals surface area contributed by atoms with E-state index in [9.17, 15) is 45.6 Å². The van der Waals surface area contributed by atoms with E-state index in [0.29, 0.717) is 12.8 Å². The first-order valence-corrected chi connectivity index (χ1v) is 28.3. The normalized spacial score (nSPS) is 26.1. The molecule has 73 heavy (non-hydrogen) atoms. The molecule has 12 atom stereocenters. The number of hydrogen-bond acceptors (Lipinski definition) is 13. The van der Waals surface area contributed by atoms with Crippen LogP contribution in [-0.2, 0) is 23.7 Å². The van der Waals surface area contributed by atoms with Crippen LogP contribution in [0.25, 0.3) is 0 Å². The summed E-state index contributed by atoms with van der Waals surface area (Å²) in [5, 5.41) is 86.8. The van der Waals surface area contributed by atoms with E-state index in [2.05, 4.69) is 73.8 Å². The van der Waals surface area contributed by atoms with Gasteiger partial charge >= 0.3 is 0 Å². The molecule has 2 saturated heterocycles. The molecule has 12 unspecified atom stereocenters. The molecule has 0 aromatic rings. The van der Waals surface area contributed by atoms with Gasteiger partial charge in [-0.25, -0.2) is 0 Å². The lowest BCUT2D eigenvalue weighted by atomic mass is 9.97. The van der Waals surface area contributed by atoms with Gasteiger partial charge in [0.1, 0.15) is 48.8 Å². The lowest BCUT2D eigenvalue weighted by Gasteiger charge is -2.46. The minimum Gasteiger partial charge on any atom is -0.394 e. The maximum Gasteiger partial charge on any atom is 0.224 e. The molecule has 0 bridgehead atoms. The van der Waals surface area contributed by atoms with Crippen molar-refractivity contribution in [3.63, 3.8) is 0 Å². The molecule has 1 amide bonds. The molecule has 0 aromatic carbocycles. The highest BCUT2D eigenvalue weighted by molar-refractivity contribution is 5.77. The number of carbonyl (C=O) groups excluding carboxylic acids is 1. The van der Waals surface area contributed by atoms with Crippen LogP contribution < -0.4 is 5.32 Å². The highest BCUT2D eigenvalue weighted by atomic mass is 16.7. The summed E-state index contributed by atoms with van der Waals surface area (Å²) < 4.78 is 22.7. The highest BCUT2D eigenvalue weighted by Gasteiger charge is 2.51.